The lowest BCUT2D eigenvalue weighted by atomic mass is 10.1. The van der Waals surface area contributed by atoms with E-state index in [4.69, 9.17) is 0 Å². The first-order valence-corrected chi connectivity index (χ1v) is 9.50. The van der Waals surface area contributed by atoms with Gasteiger partial charge >= 0.3 is 11.7 Å². The Morgan fingerprint density at radius 1 is 1.28 bits per heavy atom. The molecular formula is C20H25N5O4. The number of pyridine rings is 1. The fourth-order valence-corrected chi connectivity index (χ4v) is 3.35. The van der Waals surface area contributed by atoms with Gasteiger partial charge in [0.2, 0.25) is 5.82 Å². The first kappa shape index (κ1) is 20.5. The highest BCUT2D eigenvalue weighted by Crippen LogP contribution is 2.30. The lowest BCUT2D eigenvalue weighted by Crippen LogP contribution is -2.46. The van der Waals surface area contributed by atoms with Gasteiger partial charge in [0, 0.05) is 49.8 Å². The maximum atomic E-state index is 11.6. The quantitative estimate of drug-likeness (QED) is 0.449. The van der Waals surface area contributed by atoms with Crippen molar-refractivity contribution in [2.45, 2.75) is 13.8 Å². The van der Waals surface area contributed by atoms with Crippen LogP contribution in [0.3, 0.4) is 0 Å². The highest BCUT2D eigenvalue weighted by molar-refractivity contribution is 5.90. The molecule has 1 saturated heterocycles. The number of benzene rings is 1. The van der Waals surface area contributed by atoms with Crippen molar-refractivity contribution < 1.29 is 14.5 Å². The second-order valence-electron chi connectivity index (χ2n) is 6.89. The molecule has 2 aromatic rings. The van der Waals surface area contributed by atoms with Crippen LogP contribution in [0.4, 0.5) is 22.9 Å². The molecule has 0 bridgehead atoms. The number of ether oxygens (including phenoxy) is 1. The Morgan fingerprint density at radius 2 is 2.00 bits per heavy atom. The fourth-order valence-electron chi connectivity index (χ4n) is 3.35. The molecule has 0 aliphatic carbocycles. The van der Waals surface area contributed by atoms with E-state index in [1.807, 2.05) is 19.1 Å². The molecule has 1 aromatic carbocycles. The van der Waals surface area contributed by atoms with Crippen molar-refractivity contribution in [2.24, 2.45) is 0 Å². The van der Waals surface area contributed by atoms with Gasteiger partial charge in [-0.25, -0.2) is 9.78 Å². The summed E-state index contributed by atoms with van der Waals surface area (Å²) < 4.78 is 4.60. The standard InChI is InChI=1S/C20H25N5O4/c1-4-23-7-9-24(10-8-23)16-5-6-17(14(2)11-16)22-19-18(25(27)28)12-15(13-21-19)20(26)29-3/h5-6,11-13H,4,7-10H2,1-3H3,(H,21,22). The molecule has 0 amide bonds. The highest BCUT2D eigenvalue weighted by Gasteiger charge is 2.21. The predicted octanol–water partition coefficient (Wildman–Crippen LogP) is 2.97. The summed E-state index contributed by atoms with van der Waals surface area (Å²) in [5, 5.41) is 14.5. The lowest BCUT2D eigenvalue weighted by molar-refractivity contribution is -0.384. The van der Waals surface area contributed by atoms with Crippen molar-refractivity contribution in [3.8, 4) is 0 Å². The molecule has 0 saturated carbocycles. The van der Waals surface area contributed by atoms with Gasteiger partial charge in [-0.05, 0) is 37.2 Å². The summed E-state index contributed by atoms with van der Waals surface area (Å²) in [4.78, 5) is 31.3. The van der Waals surface area contributed by atoms with Crippen molar-refractivity contribution in [3.05, 3.63) is 51.7 Å². The molecule has 154 valence electrons. The number of likely N-dealkylation sites (N-methyl/N-ethyl adjacent to an activating group) is 1. The van der Waals surface area contributed by atoms with Crippen molar-refractivity contribution in [1.82, 2.24) is 9.88 Å². The minimum atomic E-state index is -0.671. The van der Waals surface area contributed by atoms with Crippen LogP contribution < -0.4 is 10.2 Å². The number of aromatic nitrogens is 1. The third-order valence-corrected chi connectivity index (χ3v) is 5.13. The van der Waals surface area contributed by atoms with Gasteiger partial charge in [-0.1, -0.05) is 6.92 Å². The second-order valence-corrected chi connectivity index (χ2v) is 6.89. The molecule has 0 radical (unpaired) electrons. The van der Waals surface area contributed by atoms with E-state index < -0.39 is 10.9 Å². The molecule has 1 N–H and O–H groups in total. The van der Waals surface area contributed by atoms with E-state index in [9.17, 15) is 14.9 Å². The molecule has 1 aromatic heterocycles. The molecule has 0 atom stereocenters. The molecule has 1 fully saturated rings. The Morgan fingerprint density at radius 3 is 2.59 bits per heavy atom. The van der Waals surface area contributed by atoms with E-state index in [-0.39, 0.29) is 17.1 Å². The van der Waals surface area contributed by atoms with Crippen LogP contribution in [0.5, 0.6) is 0 Å². The zero-order chi connectivity index (χ0) is 21.0. The third-order valence-electron chi connectivity index (χ3n) is 5.13. The van der Waals surface area contributed by atoms with Crippen LogP contribution in [-0.2, 0) is 4.74 Å². The van der Waals surface area contributed by atoms with Crippen molar-refractivity contribution in [3.63, 3.8) is 0 Å². The summed E-state index contributed by atoms with van der Waals surface area (Å²) in [5.41, 5.74) is 2.55. The molecule has 2 heterocycles. The average molecular weight is 399 g/mol. The van der Waals surface area contributed by atoms with Gasteiger partial charge in [0.25, 0.3) is 0 Å². The molecule has 29 heavy (non-hydrogen) atoms. The Hall–Kier alpha value is -3.20. The smallest absolute Gasteiger partial charge is 0.339 e. The number of anilines is 3. The molecule has 9 heteroatoms. The molecule has 0 spiro atoms. The molecular weight excluding hydrogens is 374 g/mol. The Kier molecular flexibility index (Phi) is 6.28. The minimum Gasteiger partial charge on any atom is -0.465 e. The van der Waals surface area contributed by atoms with Gasteiger partial charge in [0.05, 0.1) is 17.6 Å². The van der Waals surface area contributed by atoms with Crippen LogP contribution in [0, 0.1) is 17.0 Å². The largest absolute Gasteiger partial charge is 0.465 e. The Bertz CT molecular complexity index is 910. The maximum Gasteiger partial charge on any atom is 0.339 e. The van der Waals surface area contributed by atoms with E-state index in [2.05, 4.69) is 37.8 Å². The number of nitrogens with one attached hydrogen (secondary N) is 1. The van der Waals surface area contributed by atoms with E-state index in [0.29, 0.717) is 0 Å². The van der Waals surface area contributed by atoms with Gasteiger partial charge in [-0.3, -0.25) is 10.1 Å². The predicted molar refractivity (Wildman–Crippen MR) is 111 cm³/mol. The monoisotopic (exact) mass is 399 g/mol. The zero-order valence-electron chi connectivity index (χ0n) is 16.8. The van der Waals surface area contributed by atoms with Crippen molar-refractivity contribution >= 4 is 28.8 Å². The van der Waals surface area contributed by atoms with Crippen LogP contribution in [0.1, 0.15) is 22.8 Å². The number of carbonyl (C=O) groups excluding carboxylic acids is 1. The lowest BCUT2D eigenvalue weighted by Gasteiger charge is -2.35. The number of carbonyl (C=O) groups is 1. The molecule has 3 rings (SSSR count). The van der Waals surface area contributed by atoms with Crippen LogP contribution in [0.25, 0.3) is 0 Å². The summed E-state index contributed by atoms with van der Waals surface area (Å²) in [5.74, 6) is -0.592. The van der Waals surface area contributed by atoms with Gasteiger partial charge < -0.3 is 19.9 Å². The van der Waals surface area contributed by atoms with E-state index in [1.165, 1.54) is 13.3 Å². The topological polar surface area (TPSA) is 101 Å². The number of esters is 1. The molecule has 1 aliphatic heterocycles. The van der Waals surface area contributed by atoms with Crippen LogP contribution >= 0.6 is 0 Å². The van der Waals surface area contributed by atoms with Crippen LogP contribution in [0.2, 0.25) is 0 Å². The van der Waals surface area contributed by atoms with Gasteiger partial charge in [-0.15, -0.1) is 0 Å². The van der Waals surface area contributed by atoms with Crippen LogP contribution in [0.15, 0.2) is 30.5 Å². The number of hydrogen-bond acceptors (Lipinski definition) is 8. The third kappa shape index (κ3) is 4.62. The number of rotatable bonds is 6. The molecule has 1 aliphatic rings. The normalized spacial score (nSPS) is 14.5. The van der Waals surface area contributed by atoms with Crippen molar-refractivity contribution in [2.75, 3.05) is 50.1 Å². The number of methoxy groups -OCH3 is 1. The summed E-state index contributed by atoms with van der Waals surface area (Å²) in [6.07, 6.45) is 1.26. The SMILES string of the molecule is CCN1CCN(c2ccc(Nc3ncc(C(=O)OC)cc3[N+](=O)[O-])c(C)c2)CC1. The Balaban J connectivity index is 1.80. The van der Waals surface area contributed by atoms with Gasteiger partial charge in [0.1, 0.15) is 0 Å². The summed E-state index contributed by atoms with van der Waals surface area (Å²) in [7, 11) is 1.22. The van der Waals surface area contributed by atoms with E-state index in [0.717, 1.165) is 55.7 Å². The fraction of sp³-hybridized carbons (Fsp3) is 0.400. The number of nitro groups is 1. The van der Waals surface area contributed by atoms with Crippen molar-refractivity contribution in [1.29, 1.82) is 0 Å². The zero-order valence-corrected chi connectivity index (χ0v) is 16.8. The minimum absolute atomic E-state index is 0.0306. The molecule has 9 nitrogen and oxygen atoms in total. The second kappa shape index (κ2) is 8.87. The summed E-state index contributed by atoms with van der Waals surface area (Å²) in [6.45, 7) is 9.21. The summed E-state index contributed by atoms with van der Waals surface area (Å²) in [6, 6.07) is 7.14. The first-order valence-electron chi connectivity index (χ1n) is 9.50. The highest BCUT2D eigenvalue weighted by atomic mass is 16.6. The summed E-state index contributed by atoms with van der Waals surface area (Å²) >= 11 is 0. The van der Waals surface area contributed by atoms with E-state index in [1.54, 1.807) is 0 Å². The molecule has 0 unspecified atom stereocenters. The number of piperazine rings is 1. The number of nitrogens with zero attached hydrogens (tertiary/aromatic N) is 4. The average Bonchev–Trinajstić information content (AvgIpc) is 2.74. The maximum absolute atomic E-state index is 11.6. The number of aryl methyl sites for hydroxylation is 1. The van der Waals surface area contributed by atoms with Gasteiger partial charge in [-0.2, -0.15) is 0 Å². The number of hydrogen-bond donors (Lipinski definition) is 1. The Labute approximate surface area is 169 Å². The first-order chi connectivity index (χ1) is 13.9. The van der Waals surface area contributed by atoms with Crippen LogP contribution in [-0.4, -0.2) is 60.6 Å². The van der Waals surface area contributed by atoms with Gasteiger partial charge in [0.15, 0.2) is 0 Å². The van der Waals surface area contributed by atoms with E-state index >= 15 is 0 Å².